The Kier molecular flexibility index (Phi) is 6.81. The van der Waals surface area contributed by atoms with E-state index in [-0.39, 0.29) is 23.6 Å². The van der Waals surface area contributed by atoms with Crippen LogP contribution in [-0.2, 0) is 14.3 Å². The van der Waals surface area contributed by atoms with E-state index in [9.17, 15) is 14.4 Å². The van der Waals surface area contributed by atoms with Gasteiger partial charge in [-0.2, -0.15) is 0 Å². The standard InChI is InChI=1S/C31H30N4O4/c1-20(36)35-28-5-3-2-4-26(28)31(38)29(35)17-24-9-8-22-16-21(6-10-27(22)32-24)7-11-30(37)33-23-12-14-34(15-13-23)25-18-39-19-25/h2-11,16-17,23,25H,12-15,18-19H2,1H3,(H,33,37)/b11-7+,29-17?. The number of piperidine rings is 1. The van der Waals surface area contributed by atoms with Crippen LogP contribution in [0.15, 0.2) is 66.4 Å². The normalized spacial score (nSPS) is 19.6. The zero-order chi connectivity index (χ0) is 26.9. The second-order valence-corrected chi connectivity index (χ2v) is 10.3. The number of amides is 2. The fourth-order valence-electron chi connectivity index (χ4n) is 5.45. The highest BCUT2D eigenvalue weighted by atomic mass is 16.5. The molecule has 6 rings (SSSR count). The van der Waals surface area contributed by atoms with Gasteiger partial charge in [0.25, 0.3) is 0 Å². The van der Waals surface area contributed by atoms with Crippen molar-refractivity contribution < 1.29 is 19.1 Å². The highest BCUT2D eigenvalue weighted by molar-refractivity contribution is 6.26. The molecule has 3 aliphatic rings. The number of ether oxygens (including phenoxy) is 1. The lowest BCUT2D eigenvalue weighted by Gasteiger charge is -2.41. The maximum atomic E-state index is 13.0. The van der Waals surface area contributed by atoms with Crippen LogP contribution in [0.25, 0.3) is 23.1 Å². The van der Waals surface area contributed by atoms with Gasteiger partial charge in [-0.3, -0.25) is 24.2 Å². The number of rotatable bonds is 5. The molecule has 2 fully saturated rings. The molecule has 4 heterocycles. The van der Waals surface area contributed by atoms with Crippen LogP contribution in [0.2, 0.25) is 0 Å². The number of nitrogens with zero attached hydrogens (tertiary/aromatic N) is 3. The molecule has 1 aromatic heterocycles. The Bertz CT molecular complexity index is 1520. The van der Waals surface area contributed by atoms with Gasteiger partial charge in [0.15, 0.2) is 0 Å². The number of likely N-dealkylation sites (tertiary alicyclic amines) is 1. The highest BCUT2D eigenvalue weighted by Gasteiger charge is 2.34. The Morgan fingerprint density at radius 2 is 1.85 bits per heavy atom. The van der Waals surface area contributed by atoms with E-state index in [1.54, 1.807) is 30.4 Å². The minimum atomic E-state index is -0.227. The molecule has 3 aliphatic heterocycles. The van der Waals surface area contributed by atoms with E-state index in [1.807, 2.05) is 42.5 Å². The number of hydrogen-bond donors (Lipinski definition) is 1. The molecule has 0 saturated carbocycles. The van der Waals surface area contributed by atoms with E-state index in [2.05, 4.69) is 10.2 Å². The van der Waals surface area contributed by atoms with E-state index in [0.29, 0.717) is 28.7 Å². The van der Waals surface area contributed by atoms with Crippen molar-refractivity contribution in [1.29, 1.82) is 0 Å². The fraction of sp³-hybridized carbons (Fsp3) is 0.290. The van der Waals surface area contributed by atoms with Crippen LogP contribution in [0.1, 0.15) is 41.4 Å². The van der Waals surface area contributed by atoms with Crippen LogP contribution in [0.3, 0.4) is 0 Å². The molecule has 0 bridgehead atoms. The van der Waals surface area contributed by atoms with Gasteiger partial charge in [0, 0.05) is 43.1 Å². The van der Waals surface area contributed by atoms with Crippen molar-refractivity contribution in [2.75, 3.05) is 31.2 Å². The number of hydrogen-bond acceptors (Lipinski definition) is 6. The summed E-state index contributed by atoms with van der Waals surface area (Å²) in [5.41, 5.74) is 3.64. The molecule has 1 N–H and O–H groups in total. The number of anilines is 1. The van der Waals surface area contributed by atoms with Crippen molar-refractivity contribution in [2.24, 2.45) is 0 Å². The summed E-state index contributed by atoms with van der Waals surface area (Å²) in [5.74, 6) is -0.507. The van der Waals surface area contributed by atoms with Gasteiger partial charge < -0.3 is 10.1 Å². The number of fused-ring (bicyclic) bond motifs is 2. The Morgan fingerprint density at radius 3 is 2.59 bits per heavy atom. The van der Waals surface area contributed by atoms with Gasteiger partial charge in [0.05, 0.1) is 41.9 Å². The Balaban J connectivity index is 1.12. The predicted octanol–water partition coefficient (Wildman–Crippen LogP) is 3.82. The number of aromatic nitrogens is 1. The largest absolute Gasteiger partial charge is 0.378 e. The number of carbonyl (C=O) groups excluding carboxylic acids is 3. The monoisotopic (exact) mass is 522 g/mol. The zero-order valence-electron chi connectivity index (χ0n) is 21.8. The van der Waals surface area contributed by atoms with Crippen molar-refractivity contribution in [3.8, 4) is 0 Å². The first-order valence-corrected chi connectivity index (χ1v) is 13.3. The molecule has 39 heavy (non-hydrogen) atoms. The third-order valence-corrected chi connectivity index (χ3v) is 7.64. The number of benzene rings is 2. The fourth-order valence-corrected chi connectivity index (χ4v) is 5.45. The third kappa shape index (κ3) is 5.13. The smallest absolute Gasteiger partial charge is 0.244 e. The first-order valence-electron chi connectivity index (χ1n) is 13.3. The summed E-state index contributed by atoms with van der Waals surface area (Å²) in [5, 5.41) is 4.04. The maximum Gasteiger partial charge on any atom is 0.244 e. The van der Waals surface area contributed by atoms with E-state index >= 15 is 0 Å². The second-order valence-electron chi connectivity index (χ2n) is 10.3. The summed E-state index contributed by atoms with van der Waals surface area (Å²) in [7, 11) is 0. The SMILES string of the molecule is CC(=O)N1C(=Cc2ccc3cc(/C=C/C(=O)NC4CCN(C5COC5)CC4)ccc3n2)C(=O)c2ccccc21. The van der Waals surface area contributed by atoms with E-state index < -0.39 is 0 Å². The Hall–Kier alpha value is -4.14. The number of allylic oxidation sites excluding steroid dienone is 1. The number of Topliss-reactive ketones (excluding diaryl/α,β-unsaturated/α-hetero) is 1. The van der Waals surface area contributed by atoms with E-state index in [0.717, 1.165) is 55.6 Å². The third-order valence-electron chi connectivity index (χ3n) is 7.64. The number of pyridine rings is 1. The van der Waals surface area contributed by atoms with Crippen LogP contribution in [0.5, 0.6) is 0 Å². The molecule has 0 spiro atoms. The van der Waals surface area contributed by atoms with Gasteiger partial charge >= 0.3 is 0 Å². The average Bonchev–Trinajstić information content (AvgIpc) is 3.19. The molecular weight excluding hydrogens is 492 g/mol. The number of para-hydroxylation sites is 1. The van der Waals surface area contributed by atoms with Crippen LogP contribution in [0, 0.1) is 0 Å². The summed E-state index contributed by atoms with van der Waals surface area (Å²) >= 11 is 0. The van der Waals surface area contributed by atoms with Crippen molar-refractivity contribution in [3.05, 3.63) is 83.2 Å². The van der Waals surface area contributed by atoms with Crippen LogP contribution >= 0.6 is 0 Å². The predicted molar refractivity (Wildman–Crippen MR) is 150 cm³/mol. The van der Waals surface area contributed by atoms with Gasteiger partial charge in [-0.15, -0.1) is 0 Å². The molecule has 0 aliphatic carbocycles. The van der Waals surface area contributed by atoms with E-state index in [1.165, 1.54) is 11.8 Å². The molecule has 2 saturated heterocycles. The minimum Gasteiger partial charge on any atom is -0.378 e. The molecule has 0 radical (unpaired) electrons. The van der Waals surface area contributed by atoms with Crippen LogP contribution < -0.4 is 10.2 Å². The quantitative estimate of drug-likeness (QED) is 0.513. The molecule has 2 amide bonds. The number of ketones is 1. The lowest BCUT2D eigenvalue weighted by Crippen LogP contribution is -2.54. The topological polar surface area (TPSA) is 91.8 Å². The molecule has 8 nitrogen and oxygen atoms in total. The molecule has 198 valence electrons. The molecule has 2 aromatic carbocycles. The summed E-state index contributed by atoms with van der Waals surface area (Å²) in [6.45, 7) is 5.08. The molecule has 0 atom stereocenters. The Morgan fingerprint density at radius 1 is 1.05 bits per heavy atom. The molecular formula is C31H30N4O4. The van der Waals surface area contributed by atoms with Gasteiger partial charge in [0.2, 0.25) is 17.6 Å². The summed E-state index contributed by atoms with van der Waals surface area (Å²) in [6.07, 6.45) is 6.96. The van der Waals surface area contributed by atoms with Crippen molar-refractivity contribution in [1.82, 2.24) is 15.2 Å². The van der Waals surface area contributed by atoms with Crippen LogP contribution in [0.4, 0.5) is 5.69 Å². The van der Waals surface area contributed by atoms with Crippen molar-refractivity contribution in [2.45, 2.75) is 31.8 Å². The average molecular weight is 523 g/mol. The summed E-state index contributed by atoms with van der Waals surface area (Å²) in [6, 6.07) is 17.4. The molecule has 0 unspecified atom stereocenters. The lowest BCUT2D eigenvalue weighted by atomic mass is 10.0. The highest BCUT2D eigenvalue weighted by Crippen LogP contribution is 2.35. The summed E-state index contributed by atoms with van der Waals surface area (Å²) in [4.78, 5) is 46.4. The van der Waals surface area contributed by atoms with Gasteiger partial charge in [-0.05, 0) is 60.9 Å². The van der Waals surface area contributed by atoms with Crippen molar-refractivity contribution in [3.63, 3.8) is 0 Å². The molecule has 8 heteroatoms. The number of carbonyl (C=O) groups is 3. The van der Waals surface area contributed by atoms with E-state index in [4.69, 9.17) is 9.72 Å². The van der Waals surface area contributed by atoms with Crippen LogP contribution in [-0.4, -0.2) is 65.9 Å². The minimum absolute atomic E-state index is 0.0853. The number of nitrogens with one attached hydrogen (secondary N) is 1. The van der Waals surface area contributed by atoms with Gasteiger partial charge in [0.1, 0.15) is 0 Å². The molecule has 3 aromatic rings. The lowest BCUT2D eigenvalue weighted by molar-refractivity contribution is -0.118. The zero-order valence-corrected chi connectivity index (χ0v) is 21.8. The summed E-state index contributed by atoms with van der Waals surface area (Å²) < 4.78 is 5.29. The van der Waals surface area contributed by atoms with Crippen molar-refractivity contribution >= 4 is 46.3 Å². The first-order chi connectivity index (χ1) is 19.0. The van der Waals surface area contributed by atoms with Gasteiger partial charge in [-0.25, -0.2) is 4.98 Å². The maximum absolute atomic E-state index is 13.0. The Labute approximate surface area is 226 Å². The van der Waals surface area contributed by atoms with Gasteiger partial charge in [-0.1, -0.05) is 24.3 Å². The second kappa shape index (κ2) is 10.6. The first kappa shape index (κ1) is 25.2.